The molecule has 4 rings (SSSR count). The van der Waals surface area contributed by atoms with Crippen LogP contribution in [0.1, 0.15) is 31.9 Å². The van der Waals surface area contributed by atoms with Gasteiger partial charge in [0.15, 0.2) is 0 Å². The molecule has 2 nitrogen and oxygen atoms in total. The van der Waals surface area contributed by atoms with Crippen LogP contribution in [0.3, 0.4) is 0 Å². The van der Waals surface area contributed by atoms with Crippen molar-refractivity contribution in [3.05, 3.63) is 71.9 Å². The van der Waals surface area contributed by atoms with E-state index in [9.17, 15) is 0 Å². The lowest BCUT2D eigenvalue weighted by molar-refractivity contribution is -0.665. The molecule has 2 aromatic carbocycles. The topological polar surface area (TPSA) is 8.81 Å². The van der Waals surface area contributed by atoms with Gasteiger partial charge in [-0.1, -0.05) is 45.0 Å². The fourth-order valence-corrected chi connectivity index (χ4v) is 4.02. The highest BCUT2D eigenvalue weighted by Crippen LogP contribution is 2.37. The van der Waals surface area contributed by atoms with Gasteiger partial charge < -0.3 is 0 Å². The summed E-state index contributed by atoms with van der Waals surface area (Å²) in [6.45, 7) is 9.13. The summed E-state index contributed by atoms with van der Waals surface area (Å²) >= 11 is 0. The number of benzene rings is 2. The van der Waals surface area contributed by atoms with Crippen LogP contribution in [0.25, 0.3) is 27.6 Å². The lowest BCUT2D eigenvalue weighted by Crippen LogP contribution is -2.33. The van der Waals surface area contributed by atoms with Gasteiger partial charge in [-0.2, -0.15) is 4.57 Å². The van der Waals surface area contributed by atoms with Crippen molar-refractivity contribution in [2.75, 3.05) is 0 Å². The van der Waals surface area contributed by atoms with Crippen LogP contribution in [0, 0.1) is 6.92 Å². The van der Waals surface area contributed by atoms with Crippen molar-refractivity contribution in [1.82, 2.24) is 4.57 Å². The fraction of sp³-hybridized carbons (Fsp3) is 0.261. The Labute approximate surface area is 149 Å². The Bertz CT molecular complexity index is 1090. The molecule has 0 aliphatic carbocycles. The molecule has 0 atom stereocenters. The van der Waals surface area contributed by atoms with E-state index >= 15 is 0 Å². The van der Waals surface area contributed by atoms with Gasteiger partial charge in [0.05, 0.1) is 13.2 Å². The molecule has 0 saturated heterocycles. The number of fused-ring (bicyclic) bond motifs is 3. The molecule has 0 radical (unpaired) electrons. The Balaban J connectivity index is 2.24. The normalized spacial score (nSPS) is 12.2. The molecule has 2 heteroatoms. The molecule has 0 fully saturated rings. The van der Waals surface area contributed by atoms with Gasteiger partial charge >= 0.3 is 0 Å². The third kappa shape index (κ3) is 2.36. The van der Waals surface area contributed by atoms with Crippen LogP contribution in [0.2, 0.25) is 0 Å². The van der Waals surface area contributed by atoms with E-state index in [0.29, 0.717) is 0 Å². The molecule has 25 heavy (non-hydrogen) atoms. The van der Waals surface area contributed by atoms with E-state index in [-0.39, 0.29) is 5.41 Å². The van der Waals surface area contributed by atoms with Crippen molar-refractivity contribution < 1.29 is 4.57 Å². The molecule has 126 valence electrons. The first-order valence-electron chi connectivity index (χ1n) is 8.88. The first kappa shape index (κ1) is 15.9. The van der Waals surface area contributed by atoms with Crippen molar-refractivity contribution in [2.24, 2.45) is 7.05 Å². The molecule has 0 aliphatic rings. The largest absolute Gasteiger partial charge is 0.286 e. The van der Waals surface area contributed by atoms with Crippen LogP contribution in [0.4, 0.5) is 0 Å². The number of pyridine rings is 1. The molecule has 0 unspecified atom stereocenters. The third-order valence-electron chi connectivity index (χ3n) is 5.15. The number of aryl methyl sites for hydroxylation is 2. The SMILES string of the molecule is Cc1c(C(C)(C)C)ccc2c3ccccc3n(-c3cccc[n+]3C)c12. The average molecular weight is 329 g/mol. The maximum absolute atomic E-state index is 2.41. The van der Waals surface area contributed by atoms with Crippen molar-refractivity contribution in [1.29, 1.82) is 0 Å². The zero-order chi connectivity index (χ0) is 17.8. The predicted molar refractivity (Wildman–Crippen MR) is 105 cm³/mol. The minimum atomic E-state index is 0.123. The highest BCUT2D eigenvalue weighted by Gasteiger charge is 2.25. The maximum atomic E-state index is 2.41. The van der Waals surface area contributed by atoms with Gasteiger partial charge in [0, 0.05) is 22.4 Å². The highest BCUT2D eigenvalue weighted by molar-refractivity contribution is 6.10. The Kier molecular flexibility index (Phi) is 3.47. The Morgan fingerprint density at radius 1 is 0.840 bits per heavy atom. The van der Waals surface area contributed by atoms with E-state index in [4.69, 9.17) is 0 Å². The highest BCUT2D eigenvalue weighted by atomic mass is 15.1. The van der Waals surface area contributed by atoms with E-state index < -0.39 is 0 Å². The van der Waals surface area contributed by atoms with Crippen LogP contribution in [-0.4, -0.2) is 4.57 Å². The van der Waals surface area contributed by atoms with Crippen molar-refractivity contribution in [2.45, 2.75) is 33.1 Å². The molecule has 0 saturated carbocycles. The van der Waals surface area contributed by atoms with Crippen LogP contribution < -0.4 is 4.57 Å². The first-order valence-corrected chi connectivity index (χ1v) is 8.88. The van der Waals surface area contributed by atoms with Crippen molar-refractivity contribution in [3.63, 3.8) is 0 Å². The zero-order valence-electron chi connectivity index (χ0n) is 15.7. The summed E-state index contributed by atoms with van der Waals surface area (Å²) < 4.78 is 4.60. The lowest BCUT2D eigenvalue weighted by atomic mass is 9.83. The molecule has 0 spiro atoms. The number of para-hydroxylation sites is 1. The van der Waals surface area contributed by atoms with Gasteiger partial charge in [0.1, 0.15) is 11.0 Å². The Morgan fingerprint density at radius 2 is 1.56 bits per heavy atom. The zero-order valence-corrected chi connectivity index (χ0v) is 15.7. The Hall–Kier alpha value is -2.61. The molecule has 2 heterocycles. The van der Waals surface area contributed by atoms with Gasteiger partial charge in [-0.15, -0.1) is 0 Å². The number of nitrogens with zero attached hydrogens (tertiary/aromatic N) is 2. The van der Waals surface area contributed by atoms with E-state index in [2.05, 4.69) is 105 Å². The summed E-state index contributed by atoms with van der Waals surface area (Å²) in [5, 5.41) is 2.63. The predicted octanol–water partition coefficient (Wildman–Crippen LogP) is 5.21. The van der Waals surface area contributed by atoms with Crippen molar-refractivity contribution in [3.8, 4) is 5.82 Å². The summed E-state index contributed by atoms with van der Waals surface area (Å²) in [5.41, 5.74) is 5.47. The van der Waals surface area contributed by atoms with Crippen LogP contribution in [-0.2, 0) is 12.5 Å². The number of aromatic nitrogens is 2. The average Bonchev–Trinajstić information content (AvgIpc) is 2.90. The minimum Gasteiger partial charge on any atom is -0.237 e. The molecule has 0 aliphatic heterocycles. The summed E-state index contributed by atoms with van der Waals surface area (Å²) in [5.74, 6) is 1.18. The number of rotatable bonds is 1. The second-order valence-electron chi connectivity index (χ2n) is 7.91. The standard InChI is InChI=1S/C23H25N2/c1-16-19(23(2,3)4)14-13-18-17-10-6-7-11-20(17)25(22(16)18)21-12-8-9-15-24(21)5/h6-15H,1-5H3/q+1. The van der Waals surface area contributed by atoms with Crippen molar-refractivity contribution >= 4 is 21.8 Å². The van der Waals surface area contributed by atoms with Gasteiger partial charge in [-0.25, -0.2) is 4.57 Å². The lowest BCUT2D eigenvalue weighted by Gasteiger charge is -2.21. The Morgan fingerprint density at radius 3 is 2.28 bits per heavy atom. The van der Waals surface area contributed by atoms with E-state index in [1.807, 2.05) is 0 Å². The minimum absolute atomic E-state index is 0.123. The van der Waals surface area contributed by atoms with Gasteiger partial charge in [-0.3, -0.25) is 0 Å². The van der Waals surface area contributed by atoms with E-state index in [0.717, 1.165) is 0 Å². The van der Waals surface area contributed by atoms with Crippen LogP contribution >= 0.6 is 0 Å². The smallest absolute Gasteiger partial charge is 0.237 e. The molecule has 4 aromatic rings. The molecular weight excluding hydrogens is 304 g/mol. The van der Waals surface area contributed by atoms with E-state index in [1.54, 1.807) is 0 Å². The molecule has 0 bridgehead atoms. The van der Waals surface area contributed by atoms with Crippen LogP contribution in [0.15, 0.2) is 60.8 Å². The first-order chi connectivity index (χ1) is 11.9. The summed E-state index contributed by atoms with van der Waals surface area (Å²) in [7, 11) is 2.11. The second kappa shape index (κ2) is 5.45. The molecule has 0 N–H and O–H groups in total. The maximum Gasteiger partial charge on any atom is 0.286 e. The monoisotopic (exact) mass is 329 g/mol. The van der Waals surface area contributed by atoms with Gasteiger partial charge in [0.25, 0.3) is 5.82 Å². The number of hydrogen-bond donors (Lipinski definition) is 0. The molecule has 0 amide bonds. The molecule has 2 aromatic heterocycles. The summed E-state index contributed by atoms with van der Waals surface area (Å²) in [4.78, 5) is 0. The van der Waals surface area contributed by atoms with Crippen LogP contribution in [0.5, 0.6) is 0 Å². The van der Waals surface area contributed by atoms with Gasteiger partial charge in [-0.05, 0) is 42.2 Å². The number of hydrogen-bond acceptors (Lipinski definition) is 0. The summed E-state index contributed by atoms with van der Waals surface area (Å²) in [6.07, 6.45) is 2.11. The molecular formula is C23H25N2+. The third-order valence-corrected chi connectivity index (χ3v) is 5.15. The quantitative estimate of drug-likeness (QED) is 0.424. The summed E-state index contributed by atoms with van der Waals surface area (Å²) in [6, 6.07) is 19.7. The second-order valence-corrected chi connectivity index (χ2v) is 7.91. The van der Waals surface area contributed by atoms with E-state index in [1.165, 1.54) is 38.8 Å². The fourth-order valence-electron chi connectivity index (χ4n) is 4.02. The van der Waals surface area contributed by atoms with Gasteiger partial charge in [0.2, 0.25) is 0 Å².